The van der Waals surface area contributed by atoms with Crippen LogP contribution in [0.25, 0.3) is 0 Å². The van der Waals surface area contributed by atoms with Gasteiger partial charge < -0.3 is 20.1 Å². The molecule has 4 aromatic rings. The van der Waals surface area contributed by atoms with Gasteiger partial charge in [0.2, 0.25) is 0 Å². The van der Waals surface area contributed by atoms with Gasteiger partial charge in [0, 0.05) is 24.5 Å². The summed E-state index contributed by atoms with van der Waals surface area (Å²) in [4.78, 5) is 24.9. The van der Waals surface area contributed by atoms with Gasteiger partial charge in [-0.15, -0.1) is 0 Å². The Balaban J connectivity index is 0.000000168. The number of fused-ring (bicyclic) bond motifs is 2. The number of benzene rings is 4. The summed E-state index contributed by atoms with van der Waals surface area (Å²) >= 11 is 0. The molecule has 0 amide bonds. The van der Waals surface area contributed by atoms with Gasteiger partial charge in [0.25, 0.3) is 0 Å². The van der Waals surface area contributed by atoms with Crippen molar-refractivity contribution in [3.63, 3.8) is 0 Å². The highest BCUT2D eigenvalue weighted by Crippen LogP contribution is 2.38. The predicted octanol–water partition coefficient (Wildman–Crippen LogP) is 6.11. The molecule has 42 heavy (non-hydrogen) atoms. The lowest BCUT2D eigenvalue weighted by Crippen LogP contribution is -2.45. The third kappa shape index (κ3) is 6.33. The summed E-state index contributed by atoms with van der Waals surface area (Å²) in [5.41, 5.74) is 5.81. The minimum Gasteiger partial charge on any atom is -0.469 e. The zero-order chi connectivity index (χ0) is 29.4. The van der Waals surface area contributed by atoms with Crippen LogP contribution in [0.15, 0.2) is 109 Å². The second-order valence-electron chi connectivity index (χ2n) is 11.2. The molecule has 2 atom stereocenters. The quantitative estimate of drug-likeness (QED) is 0.276. The molecule has 0 aliphatic carbocycles. The zero-order valence-electron chi connectivity index (χ0n) is 24.3. The fourth-order valence-corrected chi connectivity index (χ4v) is 6.17. The van der Waals surface area contributed by atoms with Crippen LogP contribution in [-0.2, 0) is 44.7 Å². The smallest absolute Gasteiger partial charge is 0.314 e. The lowest BCUT2D eigenvalue weighted by atomic mass is 9.74. The van der Waals surface area contributed by atoms with Gasteiger partial charge in [0.05, 0.1) is 25.0 Å². The van der Waals surface area contributed by atoms with E-state index in [1.165, 1.54) is 25.3 Å². The fraction of sp³-hybridized carbons (Fsp3) is 0.278. The normalized spacial score (nSPS) is 20.2. The highest BCUT2D eigenvalue weighted by atomic mass is 16.5. The standard InChI is InChI=1S/2C18H19NO2/c2*1-21-17(20)18(11-14-7-3-2-4-8-14)12-15-9-5-6-10-16(15)19-13-18/h2*2-10,19H,11-13H2,1H3/t2*18-/m11/s1. The molecule has 4 aromatic carbocycles. The highest BCUT2D eigenvalue weighted by Gasteiger charge is 2.43. The number of nitrogens with one attached hydrogen (secondary N) is 2. The number of carbonyl (C=O) groups excluding carboxylic acids is 2. The maximum Gasteiger partial charge on any atom is 0.314 e. The van der Waals surface area contributed by atoms with Gasteiger partial charge in [-0.2, -0.15) is 0 Å². The third-order valence-electron chi connectivity index (χ3n) is 8.33. The Kier molecular flexibility index (Phi) is 8.91. The van der Waals surface area contributed by atoms with E-state index in [-0.39, 0.29) is 11.9 Å². The average Bonchev–Trinajstić information content (AvgIpc) is 3.05. The van der Waals surface area contributed by atoms with Crippen LogP contribution < -0.4 is 10.6 Å². The summed E-state index contributed by atoms with van der Waals surface area (Å²) in [5, 5.41) is 6.78. The van der Waals surface area contributed by atoms with E-state index in [1.54, 1.807) is 0 Å². The Bertz CT molecular complexity index is 1390. The van der Waals surface area contributed by atoms with Crippen LogP contribution >= 0.6 is 0 Å². The first-order valence-corrected chi connectivity index (χ1v) is 14.4. The molecule has 0 saturated carbocycles. The fourth-order valence-electron chi connectivity index (χ4n) is 6.17. The number of anilines is 2. The number of esters is 2. The molecule has 2 N–H and O–H groups in total. The maximum absolute atomic E-state index is 12.4. The van der Waals surface area contributed by atoms with Crippen molar-refractivity contribution in [2.75, 3.05) is 37.9 Å². The molecule has 216 valence electrons. The van der Waals surface area contributed by atoms with Crippen molar-refractivity contribution < 1.29 is 19.1 Å². The molecule has 6 rings (SSSR count). The van der Waals surface area contributed by atoms with Crippen molar-refractivity contribution >= 4 is 23.3 Å². The van der Waals surface area contributed by atoms with Gasteiger partial charge in [0.15, 0.2) is 0 Å². The Morgan fingerprint density at radius 1 is 0.571 bits per heavy atom. The van der Waals surface area contributed by atoms with Crippen LogP contribution in [0, 0.1) is 10.8 Å². The number of hydrogen-bond donors (Lipinski definition) is 2. The maximum atomic E-state index is 12.4. The molecule has 0 radical (unpaired) electrons. The van der Waals surface area contributed by atoms with Crippen LogP contribution in [0.3, 0.4) is 0 Å². The van der Waals surface area contributed by atoms with Crippen molar-refractivity contribution in [2.24, 2.45) is 10.8 Å². The highest BCUT2D eigenvalue weighted by molar-refractivity contribution is 5.81. The summed E-state index contributed by atoms with van der Waals surface area (Å²) in [7, 11) is 2.94. The molecule has 2 aliphatic rings. The zero-order valence-corrected chi connectivity index (χ0v) is 24.3. The van der Waals surface area contributed by atoms with Crippen molar-refractivity contribution in [1.29, 1.82) is 0 Å². The van der Waals surface area contributed by atoms with Crippen LogP contribution in [0.5, 0.6) is 0 Å². The molecule has 2 aliphatic heterocycles. The van der Waals surface area contributed by atoms with E-state index >= 15 is 0 Å². The van der Waals surface area contributed by atoms with Crippen molar-refractivity contribution in [2.45, 2.75) is 25.7 Å². The summed E-state index contributed by atoms with van der Waals surface area (Å²) < 4.78 is 10.2. The van der Waals surface area contributed by atoms with Gasteiger partial charge in [0.1, 0.15) is 0 Å². The summed E-state index contributed by atoms with van der Waals surface area (Å²) in [6.07, 6.45) is 2.78. The lowest BCUT2D eigenvalue weighted by Gasteiger charge is -2.36. The van der Waals surface area contributed by atoms with Crippen LogP contribution in [0.4, 0.5) is 11.4 Å². The number of hydrogen-bond acceptors (Lipinski definition) is 6. The number of rotatable bonds is 6. The molecule has 2 heterocycles. The van der Waals surface area contributed by atoms with Crippen molar-refractivity contribution in [3.05, 3.63) is 131 Å². The molecule has 0 saturated heterocycles. The number of para-hydroxylation sites is 2. The number of methoxy groups -OCH3 is 2. The monoisotopic (exact) mass is 562 g/mol. The van der Waals surface area contributed by atoms with Gasteiger partial charge in [-0.3, -0.25) is 9.59 Å². The summed E-state index contributed by atoms with van der Waals surface area (Å²) in [6.45, 7) is 1.21. The molecule has 0 bridgehead atoms. The summed E-state index contributed by atoms with van der Waals surface area (Å²) in [6, 6.07) is 36.5. The Labute approximate surface area is 248 Å². The van der Waals surface area contributed by atoms with Crippen LogP contribution in [0.1, 0.15) is 22.3 Å². The lowest BCUT2D eigenvalue weighted by molar-refractivity contribution is -0.152. The Morgan fingerprint density at radius 3 is 1.31 bits per heavy atom. The summed E-state index contributed by atoms with van der Waals surface area (Å²) in [5.74, 6) is -0.290. The molecule has 6 heteroatoms. The molecule has 0 fully saturated rings. The van der Waals surface area contributed by atoms with E-state index in [2.05, 4.69) is 59.2 Å². The first-order valence-electron chi connectivity index (χ1n) is 14.4. The topological polar surface area (TPSA) is 76.7 Å². The van der Waals surface area contributed by atoms with E-state index in [0.29, 0.717) is 38.8 Å². The second kappa shape index (κ2) is 12.9. The third-order valence-corrected chi connectivity index (χ3v) is 8.33. The van der Waals surface area contributed by atoms with Crippen molar-refractivity contribution in [1.82, 2.24) is 0 Å². The molecular formula is C36H38N2O4. The van der Waals surface area contributed by atoms with Crippen molar-refractivity contribution in [3.8, 4) is 0 Å². The van der Waals surface area contributed by atoms with E-state index in [9.17, 15) is 9.59 Å². The molecular weight excluding hydrogens is 524 g/mol. The number of carbonyl (C=O) groups is 2. The first kappa shape index (κ1) is 28.9. The van der Waals surface area contributed by atoms with E-state index in [0.717, 1.165) is 22.5 Å². The molecule has 6 nitrogen and oxygen atoms in total. The van der Waals surface area contributed by atoms with E-state index < -0.39 is 10.8 Å². The van der Waals surface area contributed by atoms with Gasteiger partial charge in [-0.05, 0) is 60.1 Å². The minimum atomic E-state index is -0.537. The van der Waals surface area contributed by atoms with E-state index in [4.69, 9.17) is 9.47 Å². The first-order chi connectivity index (χ1) is 20.5. The second-order valence-corrected chi connectivity index (χ2v) is 11.2. The molecule has 0 aromatic heterocycles. The Morgan fingerprint density at radius 2 is 0.929 bits per heavy atom. The average molecular weight is 563 g/mol. The van der Waals surface area contributed by atoms with Crippen LogP contribution in [-0.4, -0.2) is 39.2 Å². The van der Waals surface area contributed by atoms with Gasteiger partial charge in [-0.1, -0.05) is 97.1 Å². The predicted molar refractivity (Wildman–Crippen MR) is 166 cm³/mol. The molecule has 0 unspecified atom stereocenters. The van der Waals surface area contributed by atoms with E-state index in [1.807, 2.05) is 60.7 Å². The largest absolute Gasteiger partial charge is 0.469 e. The molecule has 0 spiro atoms. The van der Waals surface area contributed by atoms with Gasteiger partial charge in [-0.25, -0.2) is 0 Å². The SMILES string of the molecule is COC(=O)[C@@]1(Cc2ccccc2)CNc2ccccc2C1.COC(=O)[C@@]1(Cc2ccccc2)CNc2ccccc2C1. The van der Waals surface area contributed by atoms with Gasteiger partial charge >= 0.3 is 11.9 Å². The van der Waals surface area contributed by atoms with Crippen LogP contribution in [0.2, 0.25) is 0 Å². The Hall–Kier alpha value is -4.58. The minimum absolute atomic E-state index is 0.145. The number of ether oxygens (including phenoxy) is 2.